The van der Waals surface area contributed by atoms with E-state index >= 15 is 0 Å². The molecule has 3 aromatic carbocycles. The normalized spacial score (nSPS) is 12.6. The Morgan fingerprint density at radius 2 is 1.62 bits per heavy atom. The Balaban J connectivity index is 2.07. The van der Waals surface area contributed by atoms with Crippen LogP contribution in [0.25, 0.3) is 10.8 Å². The monoisotopic (exact) mass is 339 g/mol. The van der Waals surface area contributed by atoms with Gasteiger partial charge in [0.15, 0.2) is 0 Å². The molecule has 2 heteroatoms. The molecular weight excluding hydrogens is 322 g/mol. The van der Waals surface area contributed by atoms with Crippen LogP contribution in [-0.4, -0.2) is 0 Å². The zero-order valence-electron chi connectivity index (χ0n) is 12.2. The van der Waals surface area contributed by atoms with E-state index in [4.69, 9.17) is 5.73 Å². The van der Waals surface area contributed by atoms with Gasteiger partial charge in [0, 0.05) is 4.47 Å². The summed E-state index contributed by atoms with van der Waals surface area (Å²) in [7, 11) is 0. The molecule has 0 bridgehead atoms. The van der Waals surface area contributed by atoms with E-state index in [0.29, 0.717) is 0 Å². The van der Waals surface area contributed by atoms with E-state index in [1.54, 1.807) is 0 Å². The molecule has 0 heterocycles. The first-order chi connectivity index (χ1) is 10.1. The summed E-state index contributed by atoms with van der Waals surface area (Å²) in [5, 5.41) is 2.44. The summed E-state index contributed by atoms with van der Waals surface area (Å²) in [5.74, 6) is 0. The van der Waals surface area contributed by atoms with Gasteiger partial charge in [-0.2, -0.15) is 0 Å². The lowest BCUT2D eigenvalue weighted by atomic mass is 9.92. The molecule has 0 saturated carbocycles. The quantitative estimate of drug-likeness (QED) is 0.676. The van der Waals surface area contributed by atoms with Crippen molar-refractivity contribution in [3.05, 3.63) is 81.3 Å². The molecular formula is C19H18BrN. The highest BCUT2D eigenvalue weighted by Gasteiger charge is 2.12. The van der Waals surface area contributed by atoms with Crippen molar-refractivity contribution in [3.8, 4) is 0 Å². The van der Waals surface area contributed by atoms with Gasteiger partial charge in [-0.1, -0.05) is 52.3 Å². The molecule has 1 atom stereocenters. The number of rotatable bonds is 2. The van der Waals surface area contributed by atoms with Gasteiger partial charge < -0.3 is 5.73 Å². The molecule has 106 valence electrons. The van der Waals surface area contributed by atoms with E-state index in [1.807, 2.05) is 0 Å². The molecule has 0 radical (unpaired) electrons. The van der Waals surface area contributed by atoms with Gasteiger partial charge in [-0.25, -0.2) is 0 Å². The van der Waals surface area contributed by atoms with Crippen molar-refractivity contribution in [3.63, 3.8) is 0 Å². The minimum atomic E-state index is -0.0852. The summed E-state index contributed by atoms with van der Waals surface area (Å²) in [4.78, 5) is 0. The van der Waals surface area contributed by atoms with Gasteiger partial charge in [-0.05, 0) is 65.1 Å². The number of fused-ring (bicyclic) bond motifs is 1. The van der Waals surface area contributed by atoms with Crippen molar-refractivity contribution in [1.82, 2.24) is 0 Å². The van der Waals surface area contributed by atoms with Gasteiger partial charge in [0.05, 0.1) is 6.04 Å². The number of hydrogen-bond donors (Lipinski definition) is 1. The molecule has 1 unspecified atom stereocenters. The van der Waals surface area contributed by atoms with Crippen LogP contribution in [0.15, 0.2) is 59.1 Å². The van der Waals surface area contributed by atoms with Gasteiger partial charge in [0.25, 0.3) is 0 Å². The van der Waals surface area contributed by atoms with Crippen LogP contribution in [-0.2, 0) is 0 Å². The smallest absolute Gasteiger partial charge is 0.0554 e. The maximum atomic E-state index is 6.50. The first-order valence-corrected chi connectivity index (χ1v) is 7.86. The average Bonchev–Trinajstić information content (AvgIpc) is 2.49. The van der Waals surface area contributed by atoms with Crippen molar-refractivity contribution >= 4 is 26.7 Å². The Kier molecular flexibility index (Phi) is 3.83. The second-order valence-electron chi connectivity index (χ2n) is 5.52. The maximum absolute atomic E-state index is 6.50. The third-order valence-corrected chi connectivity index (χ3v) is 4.66. The number of hydrogen-bond acceptors (Lipinski definition) is 1. The number of aryl methyl sites for hydroxylation is 1. The fourth-order valence-corrected chi connectivity index (χ4v) is 3.10. The first kappa shape index (κ1) is 14.3. The van der Waals surface area contributed by atoms with Crippen molar-refractivity contribution in [2.75, 3.05) is 0 Å². The summed E-state index contributed by atoms with van der Waals surface area (Å²) in [6.07, 6.45) is 0. The first-order valence-electron chi connectivity index (χ1n) is 7.07. The fourth-order valence-electron chi connectivity index (χ4n) is 2.72. The molecule has 0 aliphatic carbocycles. The van der Waals surface area contributed by atoms with Gasteiger partial charge in [0.2, 0.25) is 0 Å². The molecule has 2 N–H and O–H groups in total. The molecule has 0 aliphatic heterocycles. The molecule has 0 aromatic heterocycles. The zero-order valence-corrected chi connectivity index (χ0v) is 13.8. The molecule has 0 fully saturated rings. The Labute approximate surface area is 133 Å². The van der Waals surface area contributed by atoms with Gasteiger partial charge in [-0.3, -0.25) is 0 Å². The Hall–Kier alpha value is -1.64. The highest BCUT2D eigenvalue weighted by atomic mass is 79.9. The predicted octanol–water partition coefficient (Wildman–Crippen LogP) is 5.27. The molecule has 1 nitrogen and oxygen atoms in total. The molecule has 0 spiro atoms. The Morgan fingerprint density at radius 3 is 2.43 bits per heavy atom. The predicted molar refractivity (Wildman–Crippen MR) is 93.6 cm³/mol. The van der Waals surface area contributed by atoms with Crippen LogP contribution in [0.4, 0.5) is 0 Å². The minimum Gasteiger partial charge on any atom is -0.320 e. The van der Waals surface area contributed by atoms with E-state index in [1.165, 1.54) is 27.5 Å². The van der Waals surface area contributed by atoms with Crippen molar-refractivity contribution in [2.24, 2.45) is 5.73 Å². The second-order valence-corrected chi connectivity index (χ2v) is 6.43. The lowest BCUT2D eigenvalue weighted by Crippen LogP contribution is -2.13. The van der Waals surface area contributed by atoms with Crippen LogP contribution in [0.2, 0.25) is 0 Å². The Morgan fingerprint density at radius 1 is 0.905 bits per heavy atom. The number of halogens is 1. The van der Waals surface area contributed by atoms with Crippen LogP contribution < -0.4 is 5.73 Å². The Bertz CT molecular complexity index is 808. The molecule has 0 amide bonds. The summed E-state index contributed by atoms with van der Waals surface area (Å²) < 4.78 is 1.10. The van der Waals surface area contributed by atoms with Crippen LogP contribution in [0.5, 0.6) is 0 Å². The van der Waals surface area contributed by atoms with E-state index in [2.05, 4.69) is 84.4 Å². The highest BCUT2D eigenvalue weighted by Crippen LogP contribution is 2.28. The molecule has 0 saturated heterocycles. The van der Waals surface area contributed by atoms with Crippen LogP contribution >= 0.6 is 15.9 Å². The van der Waals surface area contributed by atoms with Gasteiger partial charge in [-0.15, -0.1) is 0 Å². The summed E-state index contributed by atoms with van der Waals surface area (Å²) in [5.41, 5.74) is 11.4. The lowest BCUT2D eigenvalue weighted by molar-refractivity contribution is 0.860. The zero-order chi connectivity index (χ0) is 15.0. The fraction of sp³-hybridized carbons (Fsp3) is 0.158. The molecule has 3 rings (SSSR count). The van der Waals surface area contributed by atoms with E-state index in [-0.39, 0.29) is 6.04 Å². The van der Waals surface area contributed by atoms with Crippen LogP contribution in [0.3, 0.4) is 0 Å². The minimum absolute atomic E-state index is 0.0852. The van der Waals surface area contributed by atoms with Crippen LogP contribution in [0.1, 0.15) is 28.3 Å². The standard InChI is InChI=1S/C19H18BrN/c1-12-4-3-5-18(13(12)2)19(21)16-7-6-15-11-17(20)9-8-14(15)10-16/h3-11,19H,21H2,1-2H3. The molecule has 0 aliphatic rings. The highest BCUT2D eigenvalue weighted by molar-refractivity contribution is 9.10. The third-order valence-electron chi connectivity index (χ3n) is 4.17. The summed E-state index contributed by atoms with van der Waals surface area (Å²) in [6, 6.07) is 19.0. The van der Waals surface area contributed by atoms with Gasteiger partial charge in [0.1, 0.15) is 0 Å². The second kappa shape index (κ2) is 5.63. The average molecular weight is 340 g/mol. The lowest BCUT2D eigenvalue weighted by Gasteiger charge is -2.17. The topological polar surface area (TPSA) is 26.0 Å². The van der Waals surface area contributed by atoms with Crippen molar-refractivity contribution < 1.29 is 0 Å². The molecule has 3 aromatic rings. The summed E-state index contributed by atoms with van der Waals surface area (Å²) in [6.45, 7) is 4.27. The summed E-state index contributed by atoms with van der Waals surface area (Å²) >= 11 is 3.51. The molecule has 21 heavy (non-hydrogen) atoms. The van der Waals surface area contributed by atoms with E-state index < -0.39 is 0 Å². The van der Waals surface area contributed by atoms with Crippen molar-refractivity contribution in [2.45, 2.75) is 19.9 Å². The van der Waals surface area contributed by atoms with Crippen LogP contribution in [0, 0.1) is 13.8 Å². The maximum Gasteiger partial charge on any atom is 0.0554 e. The van der Waals surface area contributed by atoms with Crippen molar-refractivity contribution in [1.29, 1.82) is 0 Å². The van der Waals surface area contributed by atoms with Gasteiger partial charge >= 0.3 is 0 Å². The largest absolute Gasteiger partial charge is 0.320 e. The van der Waals surface area contributed by atoms with E-state index in [0.717, 1.165) is 10.0 Å². The number of benzene rings is 3. The SMILES string of the molecule is Cc1cccc(C(N)c2ccc3cc(Br)ccc3c2)c1C. The number of nitrogens with two attached hydrogens (primary N) is 1. The van der Waals surface area contributed by atoms with E-state index in [9.17, 15) is 0 Å². The third kappa shape index (κ3) is 2.74.